The van der Waals surface area contributed by atoms with Crippen molar-refractivity contribution in [2.75, 3.05) is 12.3 Å². The number of nitrogens with zero attached hydrogens (tertiary/aromatic N) is 2. The molecule has 1 unspecified atom stereocenters. The van der Waals surface area contributed by atoms with E-state index in [1.807, 2.05) is 24.5 Å². The molecule has 2 N–H and O–H groups in total. The number of rotatable bonds is 2. The Kier molecular flexibility index (Phi) is 2.33. The van der Waals surface area contributed by atoms with Gasteiger partial charge in [0, 0.05) is 12.3 Å². The molecule has 4 heteroatoms. The van der Waals surface area contributed by atoms with E-state index in [0.29, 0.717) is 0 Å². The van der Waals surface area contributed by atoms with Gasteiger partial charge in [-0.15, -0.1) is 0 Å². The SMILES string of the molecule is CC1(Cn2cnc3cc(N)ccc32)CCCO1. The number of benzene rings is 1. The van der Waals surface area contributed by atoms with Crippen molar-refractivity contribution >= 4 is 16.7 Å². The maximum absolute atomic E-state index is 5.81. The predicted octanol–water partition coefficient (Wildman–Crippen LogP) is 2.19. The second kappa shape index (κ2) is 3.74. The normalized spacial score (nSPS) is 24.5. The summed E-state index contributed by atoms with van der Waals surface area (Å²) < 4.78 is 7.97. The van der Waals surface area contributed by atoms with Gasteiger partial charge in [-0.3, -0.25) is 0 Å². The van der Waals surface area contributed by atoms with Gasteiger partial charge in [-0.1, -0.05) is 0 Å². The summed E-state index contributed by atoms with van der Waals surface area (Å²) in [5.74, 6) is 0. The molecular formula is C13H17N3O. The van der Waals surface area contributed by atoms with Crippen LogP contribution in [0, 0.1) is 0 Å². The van der Waals surface area contributed by atoms with E-state index in [2.05, 4.69) is 16.5 Å². The molecule has 1 fully saturated rings. The first-order chi connectivity index (χ1) is 8.16. The van der Waals surface area contributed by atoms with Crippen molar-refractivity contribution in [1.82, 2.24) is 9.55 Å². The molecule has 17 heavy (non-hydrogen) atoms. The molecule has 0 aliphatic carbocycles. The Morgan fingerprint density at radius 1 is 1.53 bits per heavy atom. The van der Waals surface area contributed by atoms with E-state index in [0.717, 1.165) is 42.7 Å². The fourth-order valence-corrected chi connectivity index (χ4v) is 2.53. The maximum atomic E-state index is 5.81. The van der Waals surface area contributed by atoms with Crippen molar-refractivity contribution in [3.8, 4) is 0 Å². The Bertz CT molecular complexity index is 541. The standard InChI is InChI=1S/C13H17N3O/c1-13(5-2-6-17-13)8-16-9-15-11-7-10(14)3-4-12(11)16/h3-4,7,9H,2,5-6,8,14H2,1H3. The molecule has 0 spiro atoms. The molecule has 3 rings (SSSR count). The van der Waals surface area contributed by atoms with Gasteiger partial charge in [0.05, 0.1) is 29.5 Å². The summed E-state index contributed by atoms with van der Waals surface area (Å²) in [7, 11) is 0. The zero-order chi connectivity index (χ0) is 11.9. The van der Waals surface area contributed by atoms with Crippen LogP contribution >= 0.6 is 0 Å². The topological polar surface area (TPSA) is 53.1 Å². The van der Waals surface area contributed by atoms with Crippen LogP contribution in [0.2, 0.25) is 0 Å². The molecule has 1 aromatic carbocycles. The molecular weight excluding hydrogens is 214 g/mol. The summed E-state index contributed by atoms with van der Waals surface area (Å²) in [6, 6.07) is 5.85. The van der Waals surface area contributed by atoms with Crippen molar-refractivity contribution in [1.29, 1.82) is 0 Å². The largest absolute Gasteiger partial charge is 0.399 e. The molecule has 2 aromatic rings. The van der Waals surface area contributed by atoms with E-state index in [1.165, 1.54) is 0 Å². The average molecular weight is 231 g/mol. The lowest BCUT2D eigenvalue weighted by molar-refractivity contribution is 0.00706. The van der Waals surface area contributed by atoms with Gasteiger partial charge in [0.15, 0.2) is 0 Å². The van der Waals surface area contributed by atoms with Crippen molar-refractivity contribution in [3.05, 3.63) is 24.5 Å². The van der Waals surface area contributed by atoms with Gasteiger partial charge in [-0.2, -0.15) is 0 Å². The van der Waals surface area contributed by atoms with E-state index in [9.17, 15) is 0 Å². The van der Waals surface area contributed by atoms with Gasteiger partial charge in [-0.25, -0.2) is 4.98 Å². The molecule has 1 aliphatic rings. The number of hydrogen-bond acceptors (Lipinski definition) is 3. The summed E-state index contributed by atoms with van der Waals surface area (Å²) in [6.07, 6.45) is 4.13. The van der Waals surface area contributed by atoms with Gasteiger partial charge in [0.1, 0.15) is 0 Å². The monoisotopic (exact) mass is 231 g/mol. The second-order valence-electron chi connectivity index (χ2n) is 5.02. The lowest BCUT2D eigenvalue weighted by Gasteiger charge is -2.23. The Labute approximate surface area is 100 Å². The average Bonchev–Trinajstić information content (AvgIpc) is 2.87. The first-order valence-electron chi connectivity index (χ1n) is 6.01. The molecule has 0 saturated carbocycles. The van der Waals surface area contributed by atoms with Gasteiger partial charge >= 0.3 is 0 Å². The van der Waals surface area contributed by atoms with Gasteiger partial charge in [0.25, 0.3) is 0 Å². The highest BCUT2D eigenvalue weighted by atomic mass is 16.5. The third-order valence-corrected chi connectivity index (χ3v) is 3.45. The number of hydrogen-bond donors (Lipinski definition) is 1. The molecule has 0 bridgehead atoms. The molecule has 0 amide bonds. The zero-order valence-corrected chi connectivity index (χ0v) is 10.0. The second-order valence-corrected chi connectivity index (χ2v) is 5.02. The fourth-order valence-electron chi connectivity index (χ4n) is 2.53. The van der Waals surface area contributed by atoms with Crippen LogP contribution in [0.15, 0.2) is 24.5 Å². The summed E-state index contributed by atoms with van der Waals surface area (Å²) in [6.45, 7) is 3.90. The lowest BCUT2D eigenvalue weighted by atomic mass is 10.0. The summed E-state index contributed by atoms with van der Waals surface area (Å²) in [5.41, 5.74) is 8.53. The van der Waals surface area contributed by atoms with E-state index in [4.69, 9.17) is 10.5 Å². The van der Waals surface area contributed by atoms with Crippen molar-refractivity contribution in [2.24, 2.45) is 0 Å². The molecule has 2 heterocycles. The van der Waals surface area contributed by atoms with Gasteiger partial charge in [-0.05, 0) is 38.0 Å². The highest BCUT2D eigenvalue weighted by Gasteiger charge is 2.30. The van der Waals surface area contributed by atoms with Gasteiger partial charge in [0.2, 0.25) is 0 Å². The van der Waals surface area contributed by atoms with Crippen LogP contribution in [0.1, 0.15) is 19.8 Å². The molecule has 1 saturated heterocycles. The number of aromatic nitrogens is 2. The van der Waals surface area contributed by atoms with Crippen LogP contribution < -0.4 is 5.73 Å². The molecule has 1 aromatic heterocycles. The molecule has 1 aliphatic heterocycles. The summed E-state index contributed by atoms with van der Waals surface area (Å²) in [5, 5.41) is 0. The first-order valence-corrected chi connectivity index (χ1v) is 6.01. The van der Waals surface area contributed by atoms with Crippen LogP contribution in [0.5, 0.6) is 0 Å². The Morgan fingerprint density at radius 2 is 2.41 bits per heavy atom. The third kappa shape index (κ3) is 1.89. The smallest absolute Gasteiger partial charge is 0.0959 e. The maximum Gasteiger partial charge on any atom is 0.0959 e. The molecule has 0 radical (unpaired) electrons. The molecule has 90 valence electrons. The Balaban J connectivity index is 1.95. The van der Waals surface area contributed by atoms with Crippen molar-refractivity contribution < 1.29 is 4.74 Å². The summed E-state index contributed by atoms with van der Waals surface area (Å²) in [4.78, 5) is 4.38. The van der Waals surface area contributed by atoms with Crippen LogP contribution in [-0.4, -0.2) is 21.8 Å². The molecule has 1 atom stereocenters. The van der Waals surface area contributed by atoms with Crippen LogP contribution in [0.4, 0.5) is 5.69 Å². The number of nitrogens with two attached hydrogens (primary N) is 1. The van der Waals surface area contributed by atoms with Crippen LogP contribution in [0.25, 0.3) is 11.0 Å². The highest BCUT2D eigenvalue weighted by Crippen LogP contribution is 2.28. The van der Waals surface area contributed by atoms with E-state index in [1.54, 1.807) is 0 Å². The minimum absolute atomic E-state index is 0.0466. The Morgan fingerprint density at radius 3 is 3.18 bits per heavy atom. The third-order valence-electron chi connectivity index (χ3n) is 3.45. The van der Waals surface area contributed by atoms with Gasteiger partial charge < -0.3 is 15.0 Å². The predicted molar refractivity (Wildman–Crippen MR) is 67.7 cm³/mol. The van der Waals surface area contributed by atoms with Crippen LogP contribution in [0.3, 0.4) is 0 Å². The number of anilines is 1. The van der Waals surface area contributed by atoms with Crippen LogP contribution in [-0.2, 0) is 11.3 Å². The number of ether oxygens (including phenoxy) is 1. The zero-order valence-electron chi connectivity index (χ0n) is 10.0. The van der Waals surface area contributed by atoms with E-state index >= 15 is 0 Å². The van der Waals surface area contributed by atoms with E-state index < -0.39 is 0 Å². The minimum Gasteiger partial charge on any atom is -0.399 e. The fraction of sp³-hybridized carbons (Fsp3) is 0.462. The quantitative estimate of drug-likeness (QED) is 0.806. The number of fused-ring (bicyclic) bond motifs is 1. The number of imidazole rings is 1. The minimum atomic E-state index is -0.0466. The summed E-state index contributed by atoms with van der Waals surface area (Å²) >= 11 is 0. The van der Waals surface area contributed by atoms with Crippen molar-refractivity contribution in [3.63, 3.8) is 0 Å². The lowest BCUT2D eigenvalue weighted by Crippen LogP contribution is -2.29. The number of nitrogen functional groups attached to an aromatic ring is 1. The highest BCUT2D eigenvalue weighted by molar-refractivity contribution is 5.78. The Hall–Kier alpha value is -1.55. The van der Waals surface area contributed by atoms with E-state index in [-0.39, 0.29) is 5.60 Å². The first kappa shape index (κ1) is 10.6. The molecule has 4 nitrogen and oxygen atoms in total. The van der Waals surface area contributed by atoms with Crippen molar-refractivity contribution in [2.45, 2.75) is 31.9 Å².